The van der Waals surface area contributed by atoms with Crippen molar-refractivity contribution < 1.29 is 8.81 Å². The number of para-hydroxylation sites is 3. The number of halogens is 1. The molecule has 0 saturated heterocycles. The SMILES string of the molecule is Cn1c(-c2cccc(C(F)c3ccc4c(c3)N(c3ccccn3)c3c(ccc5oc6ccccc6c35)C4(C)C)c2)nc2ccccc21. The third-order valence-electron chi connectivity index (χ3n) is 9.74. The van der Waals surface area contributed by atoms with E-state index in [2.05, 4.69) is 47.6 Å². The average molecular weight is 615 g/mol. The summed E-state index contributed by atoms with van der Waals surface area (Å²) in [5.74, 6) is 1.57. The molecule has 1 atom stereocenters. The first-order chi connectivity index (χ1) is 22.9. The molecule has 1 aliphatic rings. The van der Waals surface area contributed by atoms with Gasteiger partial charge in [-0.25, -0.2) is 14.4 Å². The van der Waals surface area contributed by atoms with Crippen LogP contribution in [0.2, 0.25) is 0 Å². The maximum absolute atomic E-state index is 16.8. The van der Waals surface area contributed by atoms with Gasteiger partial charge in [-0.15, -0.1) is 0 Å². The molecular weight excluding hydrogens is 583 g/mol. The second kappa shape index (κ2) is 10.1. The Kier molecular flexibility index (Phi) is 5.94. The van der Waals surface area contributed by atoms with Crippen LogP contribution in [0, 0.1) is 0 Å². The molecule has 228 valence electrons. The van der Waals surface area contributed by atoms with E-state index >= 15 is 4.39 Å². The summed E-state index contributed by atoms with van der Waals surface area (Å²) in [4.78, 5) is 11.9. The zero-order valence-corrected chi connectivity index (χ0v) is 26.3. The normalized spacial score (nSPS) is 14.4. The third-order valence-corrected chi connectivity index (χ3v) is 9.74. The average Bonchev–Trinajstić information content (AvgIpc) is 3.66. The number of anilines is 3. The van der Waals surface area contributed by atoms with Gasteiger partial charge in [0.25, 0.3) is 0 Å². The number of hydrogen-bond acceptors (Lipinski definition) is 4. The van der Waals surface area contributed by atoms with Gasteiger partial charge in [0.15, 0.2) is 6.17 Å². The van der Waals surface area contributed by atoms with E-state index in [-0.39, 0.29) is 5.41 Å². The van der Waals surface area contributed by atoms with Gasteiger partial charge in [-0.1, -0.05) is 86.6 Å². The summed E-state index contributed by atoms with van der Waals surface area (Å²) in [7, 11) is 2.00. The van der Waals surface area contributed by atoms with Gasteiger partial charge in [0.1, 0.15) is 22.8 Å². The van der Waals surface area contributed by atoms with Crippen molar-refractivity contribution in [2.24, 2.45) is 7.05 Å². The molecule has 6 heteroatoms. The van der Waals surface area contributed by atoms with E-state index in [1.807, 2.05) is 104 Å². The number of furan rings is 1. The molecule has 9 rings (SSSR count). The lowest BCUT2D eigenvalue weighted by Crippen LogP contribution is -2.31. The number of aryl methyl sites for hydroxylation is 1. The number of rotatable bonds is 4. The van der Waals surface area contributed by atoms with Crippen LogP contribution < -0.4 is 4.90 Å². The lowest BCUT2D eigenvalue weighted by atomic mass is 9.72. The summed E-state index contributed by atoms with van der Waals surface area (Å²) < 4.78 is 25.2. The van der Waals surface area contributed by atoms with Gasteiger partial charge in [0.05, 0.1) is 27.8 Å². The maximum Gasteiger partial charge on any atom is 0.150 e. The quantitative estimate of drug-likeness (QED) is 0.198. The number of pyridine rings is 1. The van der Waals surface area contributed by atoms with Crippen molar-refractivity contribution >= 4 is 50.2 Å². The number of alkyl halides is 1. The van der Waals surface area contributed by atoms with Crippen LogP contribution in [-0.4, -0.2) is 14.5 Å². The molecule has 0 N–H and O–H groups in total. The number of benzene rings is 5. The molecule has 47 heavy (non-hydrogen) atoms. The van der Waals surface area contributed by atoms with Gasteiger partial charge in [0, 0.05) is 29.6 Å². The standard InChI is InChI=1S/C41H31FN4O/c1-41(2)29-19-18-26(38(42)25-11-10-12-27(23-25)40-44-31-14-5-6-15-32(31)45(40)3)24-33(29)46(36-17-8-9-22-43-36)39-30(41)20-21-35-37(39)28-13-4-7-16-34(28)47-35/h4-24,38H,1-3H3. The van der Waals surface area contributed by atoms with Crippen LogP contribution in [-0.2, 0) is 12.5 Å². The maximum atomic E-state index is 16.8. The van der Waals surface area contributed by atoms with Crippen LogP contribution in [0.1, 0.15) is 42.3 Å². The number of aromatic nitrogens is 3. The Bertz CT molecular complexity index is 2490. The molecule has 0 aliphatic carbocycles. The number of nitrogens with zero attached hydrogens (tertiary/aromatic N) is 4. The van der Waals surface area contributed by atoms with Crippen molar-refractivity contribution in [2.75, 3.05) is 4.90 Å². The van der Waals surface area contributed by atoms with Crippen LogP contribution in [0.4, 0.5) is 21.6 Å². The van der Waals surface area contributed by atoms with Gasteiger partial charge < -0.3 is 8.98 Å². The van der Waals surface area contributed by atoms with Crippen LogP contribution in [0.3, 0.4) is 0 Å². The predicted octanol–water partition coefficient (Wildman–Crippen LogP) is 10.7. The van der Waals surface area contributed by atoms with Gasteiger partial charge in [0.2, 0.25) is 0 Å². The van der Waals surface area contributed by atoms with E-state index in [1.165, 1.54) is 0 Å². The van der Waals surface area contributed by atoms with E-state index in [1.54, 1.807) is 6.20 Å². The number of imidazole rings is 1. The highest BCUT2D eigenvalue weighted by molar-refractivity contribution is 6.15. The van der Waals surface area contributed by atoms with Crippen molar-refractivity contribution in [3.05, 3.63) is 150 Å². The highest BCUT2D eigenvalue weighted by Crippen LogP contribution is 2.55. The molecule has 8 aromatic rings. The first-order valence-electron chi connectivity index (χ1n) is 15.9. The smallest absolute Gasteiger partial charge is 0.150 e. The van der Waals surface area contributed by atoms with E-state index < -0.39 is 6.17 Å². The minimum absolute atomic E-state index is 0.368. The molecule has 5 aromatic carbocycles. The first kappa shape index (κ1) is 27.6. The lowest BCUT2D eigenvalue weighted by molar-refractivity contribution is 0.402. The minimum atomic E-state index is -1.35. The fraction of sp³-hybridized carbons (Fsp3) is 0.122. The Labute approximate surface area is 271 Å². The summed E-state index contributed by atoms with van der Waals surface area (Å²) in [5, 5.41) is 2.07. The van der Waals surface area contributed by atoms with Gasteiger partial charge in [-0.3, -0.25) is 4.90 Å². The van der Waals surface area contributed by atoms with E-state index in [0.29, 0.717) is 11.1 Å². The van der Waals surface area contributed by atoms with Crippen molar-refractivity contribution in [3.8, 4) is 11.4 Å². The minimum Gasteiger partial charge on any atom is -0.456 e. The predicted molar refractivity (Wildman–Crippen MR) is 187 cm³/mol. The molecule has 0 fully saturated rings. The van der Waals surface area contributed by atoms with Crippen LogP contribution in [0.5, 0.6) is 0 Å². The van der Waals surface area contributed by atoms with Crippen LogP contribution >= 0.6 is 0 Å². The van der Waals surface area contributed by atoms with Crippen molar-refractivity contribution in [1.29, 1.82) is 0 Å². The molecule has 0 radical (unpaired) electrons. The highest BCUT2D eigenvalue weighted by Gasteiger charge is 2.39. The van der Waals surface area contributed by atoms with Crippen LogP contribution in [0.15, 0.2) is 132 Å². The van der Waals surface area contributed by atoms with E-state index in [9.17, 15) is 0 Å². The Morgan fingerprint density at radius 1 is 0.745 bits per heavy atom. The molecule has 5 nitrogen and oxygen atoms in total. The number of hydrogen-bond donors (Lipinski definition) is 0. The summed E-state index contributed by atoms with van der Waals surface area (Å²) in [5.41, 5.74) is 9.45. The number of fused-ring (bicyclic) bond motifs is 7. The molecule has 1 unspecified atom stereocenters. The summed E-state index contributed by atoms with van der Waals surface area (Å²) in [6.45, 7) is 4.48. The topological polar surface area (TPSA) is 47.1 Å². The monoisotopic (exact) mass is 614 g/mol. The highest BCUT2D eigenvalue weighted by atomic mass is 19.1. The molecule has 0 saturated carbocycles. The fourth-order valence-electron chi connectivity index (χ4n) is 7.38. The summed E-state index contributed by atoms with van der Waals surface area (Å²) >= 11 is 0. The zero-order chi connectivity index (χ0) is 31.9. The Balaban J connectivity index is 1.22. The fourth-order valence-corrected chi connectivity index (χ4v) is 7.38. The van der Waals surface area contributed by atoms with Gasteiger partial charge in [-0.2, -0.15) is 0 Å². The van der Waals surface area contributed by atoms with Crippen molar-refractivity contribution in [1.82, 2.24) is 14.5 Å². The van der Waals surface area contributed by atoms with E-state index in [0.717, 1.165) is 72.7 Å². The molecule has 3 aromatic heterocycles. The second-order valence-corrected chi connectivity index (χ2v) is 12.8. The van der Waals surface area contributed by atoms with E-state index in [4.69, 9.17) is 14.4 Å². The summed E-state index contributed by atoms with van der Waals surface area (Å²) in [6, 6.07) is 40.0. The van der Waals surface area contributed by atoms with Gasteiger partial charge in [-0.05, 0) is 70.8 Å². The molecule has 4 heterocycles. The lowest BCUT2D eigenvalue weighted by Gasteiger charge is -2.42. The molecule has 0 amide bonds. The Hall–Kier alpha value is -5.75. The molecule has 1 aliphatic heterocycles. The van der Waals surface area contributed by atoms with Crippen molar-refractivity contribution in [3.63, 3.8) is 0 Å². The Morgan fingerprint density at radius 2 is 1.53 bits per heavy atom. The van der Waals surface area contributed by atoms with Gasteiger partial charge >= 0.3 is 0 Å². The van der Waals surface area contributed by atoms with Crippen molar-refractivity contribution in [2.45, 2.75) is 25.4 Å². The summed E-state index contributed by atoms with van der Waals surface area (Å²) in [6.07, 6.45) is 0.451. The molecular formula is C41H31FN4O. The third kappa shape index (κ3) is 4.07. The largest absolute Gasteiger partial charge is 0.456 e. The zero-order valence-electron chi connectivity index (χ0n) is 26.3. The Morgan fingerprint density at radius 3 is 2.38 bits per heavy atom. The van der Waals surface area contributed by atoms with Crippen LogP contribution in [0.25, 0.3) is 44.4 Å². The second-order valence-electron chi connectivity index (χ2n) is 12.8. The molecule has 0 spiro atoms. The first-order valence-corrected chi connectivity index (χ1v) is 15.9. The molecule has 0 bridgehead atoms.